The highest BCUT2D eigenvalue weighted by molar-refractivity contribution is 5.92. The first kappa shape index (κ1) is 17.9. The number of rotatable bonds is 3. The number of piperidine rings is 1. The van der Waals surface area contributed by atoms with Gasteiger partial charge in [-0.25, -0.2) is 4.98 Å². The zero-order chi connectivity index (χ0) is 18.8. The molecule has 1 aliphatic rings. The van der Waals surface area contributed by atoms with E-state index in [9.17, 15) is 10.1 Å². The maximum absolute atomic E-state index is 12.4. The fourth-order valence-electron chi connectivity index (χ4n) is 3.50. The molecule has 1 saturated heterocycles. The Morgan fingerprint density at radius 2 is 1.92 bits per heavy atom. The van der Waals surface area contributed by atoms with E-state index in [2.05, 4.69) is 26.4 Å². The minimum Gasteiger partial charge on any atom is -0.355 e. The van der Waals surface area contributed by atoms with Crippen LogP contribution in [0, 0.1) is 32.1 Å². The maximum atomic E-state index is 12.4. The lowest BCUT2D eigenvalue weighted by Crippen LogP contribution is -2.45. The number of carbonyl (C=O) groups excluding carboxylic acids is 1. The van der Waals surface area contributed by atoms with E-state index in [0.29, 0.717) is 11.3 Å². The first-order valence-electron chi connectivity index (χ1n) is 8.84. The Bertz CT molecular complexity index is 871. The van der Waals surface area contributed by atoms with Crippen LogP contribution in [0.15, 0.2) is 12.1 Å². The average Bonchev–Trinajstić information content (AvgIpc) is 2.93. The molecule has 3 rings (SSSR count). The fourth-order valence-corrected chi connectivity index (χ4v) is 3.50. The molecule has 0 radical (unpaired) electrons. The van der Waals surface area contributed by atoms with Gasteiger partial charge in [0, 0.05) is 31.9 Å². The van der Waals surface area contributed by atoms with E-state index in [4.69, 9.17) is 0 Å². The van der Waals surface area contributed by atoms with Gasteiger partial charge in [0.2, 0.25) is 0 Å². The molecule has 0 spiro atoms. The molecule has 0 bridgehead atoms. The number of carbonyl (C=O) groups is 1. The van der Waals surface area contributed by atoms with Crippen LogP contribution in [0.25, 0.3) is 0 Å². The molecule has 2 aromatic rings. The second-order valence-corrected chi connectivity index (χ2v) is 6.92. The van der Waals surface area contributed by atoms with Gasteiger partial charge in [-0.15, -0.1) is 0 Å². The summed E-state index contributed by atoms with van der Waals surface area (Å²) in [6.45, 7) is 7.29. The van der Waals surface area contributed by atoms with Crippen molar-refractivity contribution < 1.29 is 4.79 Å². The Morgan fingerprint density at radius 1 is 1.23 bits per heavy atom. The predicted octanol–water partition coefficient (Wildman–Crippen LogP) is 2.01. The number of aromatic nitrogens is 3. The van der Waals surface area contributed by atoms with Gasteiger partial charge in [0.1, 0.15) is 17.6 Å². The summed E-state index contributed by atoms with van der Waals surface area (Å²) in [6.07, 6.45) is 1.64. The Hall–Kier alpha value is -2.88. The van der Waals surface area contributed by atoms with E-state index < -0.39 is 0 Å². The van der Waals surface area contributed by atoms with Gasteiger partial charge < -0.3 is 10.2 Å². The summed E-state index contributed by atoms with van der Waals surface area (Å²) in [5, 5.41) is 16.8. The standard InChI is InChI=1S/C19H24N6O/c1-12-9-13(2)21-18(16(12)11-20)25-7-5-15(6-8-25)22-19(26)17-10-14(3)23-24(17)4/h9-10,15H,5-8H2,1-4H3,(H,22,26). The minimum atomic E-state index is -0.0891. The average molecular weight is 352 g/mol. The number of nitrogens with zero attached hydrogens (tertiary/aromatic N) is 5. The number of aryl methyl sites for hydroxylation is 4. The third-order valence-corrected chi connectivity index (χ3v) is 4.80. The summed E-state index contributed by atoms with van der Waals surface area (Å²) in [4.78, 5) is 19.2. The molecule has 1 fully saturated rings. The van der Waals surface area contributed by atoms with Crippen molar-refractivity contribution >= 4 is 11.7 Å². The lowest BCUT2D eigenvalue weighted by atomic mass is 10.0. The molecule has 0 aliphatic carbocycles. The molecule has 3 heterocycles. The lowest BCUT2D eigenvalue weighted by molar-refractivity contribution is 0.0921. The van der Waals surface area contributed by atoms with Crippen molar-refractivity contribution in [3.05, 3.63) is 40.3 Å². The van der Waals surface area contributed by atoms with Gasteiger partial charge in [-0.1, -0.05) is 0 Å². The Labute approximate surface area is 153 Å². The van der Waals surface area contributed by atoms with Gasteiger partial charge >= 0.3 is 0 Å². The van der Waals surface area contributed by atoms with Gasteiger partial charge in [-0.2, -0.15) is 10.4 Å². The summed E-state index contributed by atoms with van der Waals surface area (Å²) < 4.78 is 1.61. The van der Waals surface area contributed by atoms with Crippen LogP contribution in [0.3, 0.4) is 0 Å². The van der Waals surface area contributed by atoms with E-state index in [1.54, 1.807) is 17.8 Å². The van der Waals surface area contributed by atoms with Crippen molar-refractivity contribution in [2.45, 2.75) is 39.7 Å². The van der Waals surface area contributed by atoms with Crippen LogP contribution in [0.2, 0.25) is 0 Å². The summed E-state index contributed by atoms with van der Waals surface area (Å²) >= 11 is 0. The third-order valence-electron chi connectivity index (χ3n) is 4.80. The van der Waals surface area contributed by atoms with E-state index in [-0.39, 0.29) is 11.9 Å². The number of pyridine rings is 1. The highest BCUT2D eigenvalue weighted by Gasteiger charge is 2.25. The molecule has 1 amide bonds. The SMILES string of the molecule is Cc1cc(C)c(C#N)c(N2CCC(NC(=O)c3cc(C)nn3C)CC2)n1. The second kappa shape index (κ2) is 7.16. The Kier molecular flexibility index (Phi) is 4.94. The van der Waals surface area contributed by atoms with E-state index in [0.717, 1.165) is 48.7 Å². The topological polar surface area (TPSA) is 86.8 Å². The normalized spacial score (nSPS) is 15.0. The molecular formula is C19H24N6O. The van der Waals surface area contributed by atoms with Crippen LogP contribution in [-0.2, 0) is 7.05 Å². The van der Waals surface area contributed by atoms with Gasteiger partial charge in [-0.05, 0) is 51.3 Å². The zero-order valence-electron chi connectivity index (χ0n) is 15.7. The number of amides is 1. The number of nitriles is 1. The highest BCUT2D eigenvalue weighted by atomic mass is 16.2. The third kappa shape index (κ3) is 3.54. The molecule has 7 heteroatoms. The van der Waals surface area contributed by atoms with Crippen molar-refractivity contribution in [2.24, 2.45) is 7.05 Å². The van der Waals surface area contributed by atoms with Gasteiger partial charge in [-0.3, -0.25) is 9.48 Å². The maximum Gasteiger partial charge on any atom is 0.269 e. The molecule has 0 aromatic carbocycles. The number of anilines is 1. The summed E-state index contributed by atoms with van der Waals surface area (Å²) in [6, 6.07) is 6.12. The smallest absolute Gasteiger partial charge is 0.269 e. The van der Waals surface area contributed by atoms with Crippen LogP contribution in [0.5, 0.6) is 0 Å². The molecule has 7 nitrogen and oxygen atoms in total. The van der Waals surface area contributed by atoms with Crippen LogP contribution < -0.4 is 10.2 Å². The van der Waals surface area contributed by atoms with E-state index in [1.807, 2.05) is 26.8 Å². The van der Waals surface area contributed by atoms with E-state index >= 15 is 0 Å². The molecule has 26 heavy (non-hydrogen) atoms. The van der Waals surface area contributed by atoms with E-state index in [1.165, 1.54) is 0 Å². The summed E-state index contributed by atoms with van der Waals surface area (Å²) in [5.74, 6) is 0.672. The molecule has 1 N–H and O–H groups in total. The van der Waals surface area contributed by atoms with Crippen molar-refractivity contribution in [3.8, 4) is 6.07 Å². The molecule has 1 aliphatic heterocycles. The molecular weight excluding hydrogens is 328 g/mol. The fraction of sp³-hybridized carbons (Fsp3) is 0.474. The van der Waals surface area contributed by atoms with Crippen LogP contribution in [-0.4, -0.2) is 39.8 Å². The quantitative estimate of drug-likeness (QED) is 0.913. The monoisotopic (exact) mass is 352 g/mol. The molecule has 0 saturated carbocycles. The van der Waals surface area contributed by atoms with Crippen LogP contribution >= 0.6 is 0 Å². The number of hydrogen-bond donors (Lipinski definition) is 1. The van der Waals surface area contributed by atoms with Crippen LogP contribution in [0.1, 0.15) is 45.8 Å². The zero-order valence-corrected chi connectivity index (χ0v) is 15.7. The second-order valence-electron chi connectivity index (χ2n) is 6.92. The lowest BCUT2D eigenvalue weighted by Gasteiger charge is -2.34. The Morgan fingerprint density at radius 3 is 2.50 bits per heavy atom. The summed E-state index contributed by atoms with van der Waals surface area (Å²) in [7, 11) is 1.78. The summed E-state index contributed by atoms with van der Waals surface area (Å²) in [5.41, 5.74) is 3.92. The van der Waals surface area contributed by atoms with Crippen molar-refractivity contribution in [1.82, 2.24) is 20.1 Å². The molecule has 0 atom stereocenters. The van der Waals surface area contributed by atoms with Crippen LogP contribution in [0.4, 0.5) is 5.82 Å². The van der Waals surface area contributed by atoms with Crippen molar-refractivity contribution in [3.63, 3.8) is 0 Å². The largest absolute Gasteiger partial charge is 0.355 e. The van der Waals surface area contributed by atoms with Gasteiger partial charge in [0.25, 0.3) is 5.91 Å². The van der Waals surface area contributed by atoms with Crippen molar-refractivity contribution in [2.75, 3.05) is 18.0 Å². The number of hydrogen-bond acceptors (Lipinski definition) is 5. The Balaban J connectivity index is 1.66. The van der Waals surface area contributed by atoms with Crippen molar-refractivity contribution in [1.29, 1.82) is 5.26 Å². The molecule has 0 unspecified atom stereocenters. The predicted molar refractivity (Wildman–Crippen MR) is 99.1 cm³/mol. The van der Waals surface area contributed by atoms with Gasteiger partial charge in [0.15, 0.2) is 0 Å². The highest BCUT2D eigenvalue weighted by Crippen LogP contribution is 2.25. The number of nitrogens with one attached hydrogen (secondary N) is 1. The molecule has 136 valence electrons. The first-order valence-corrected chi connectivity index (χ1v) is 8.84. The minimum absolute atomic E-state index is 0.0891. The first-order chi connectivity index (χ1) is 12.4. The molecule has 2 aromatic heterocycles. The van der Waals surface area contributed by atoms with Gasteiger partial charge in [0.05, 0.1) is 11.3 Å².